The highest BCUT2D eigenvalue weighted by Crippen LogP contribution is 2.31. The molecule has 17 heavy (non-hydrogen) atoms. The fourth-order valence-electron chi connectivity index (χ4n) is 2.77. The summed E-state index contributed by atoms with van der Waals surface area (Å²) in [6.07, 6.45) is 13.4. The smallest absolute Gasteiger partial charge is 0.0945 e. The van der Waals surface area contributed by atoms with Gasteiger partial charge in [-0.1, -0.05) is 6.42 Å². The van der Waals surface area contributed by atoms with E-state index in [0.717, 1.165) is 17.8 Å². The summed E-state index contributed by atoms with van der Waals surface area (Å²) in [6, 6.07) is 0.799. The highest BCUT2D eigenvalue weighted by molar-refractivity contribution is 7.99. The van der Waals surface area contributed by atoms with Crippen LogP contribution in [0, 0.1) is 0 Å². The number of rotatable bonds is 6. The van der Waals surface area contributed by atoms with Gasteiger partial charge in [0.25, 0.3) is 0 Å². The molecule has 1 heterocycles. The van der Waals surface area contributed by atoms with Gasteiger partial charge in [0.05, 0.1) is 6.33 Å². The van der Waals surface area contributed by atoms with Crippen molar-refractivity contribution >= 4 is 11.8 Å². The summed E-state index contributed by atoms with van der Waals surface area (Å²) >= 11 is 2.04. The molecule has 1 aliphatic rings. The van der Waals surface area contributed by atoms with Gasteiger partial charge in [-0.2, -0.15) is 11.8 Å². The monoisotopic (exact) mass is 253 g/mol. The molecule has 1 aromatic rings. The van der Waals surface area contributed by atoms with Crippen molar-refractivity contribution < 1.29 is 0 Å². The average molecular weight is 253 g/mol. The quantitative estimate of drug-likeness (QED) is 0.777. The van der Waals surface area contributed by atoms with E-state index in [-0.39, 0.29) is 0 Å². The maximum Gasteiger partial charge on any atom is 0.0945 e. The van der Waals surface area contributed by atoms with Gasteiger partial charge in [0.15, 0.2) is 0 Å². The Bertz CT molecular complexity index is 312. The largest absolute Gasteiger partial charge is 0.337 e. The van der Waals surface area contributed by atoms with Gasteiger partial charge >= 0.3 is 0 Å². The molecule has 3 nitrogen and oxygen atoms in total. The number of thioether (sulfide) groups is 1. The van der Waals surface area contributed by atoms with Gasteiger partial charge in [-0.05, 0) is 39.1 Å². The first-order valence-electron chi connectivity index (χ1n) is 6.50. The van der Waals surface area contributed by atoms with E-state index in [0.29, 0.717) is 0 Å². The molecular formula is C13H23N3S. The average Bonchev–Trinajstić information content (AvgIpc) is 2.99. The van der Waals surface area contributed by atoms with Crippen LogP contribution in [0.3, 0.4) is 0 Å². The second kappa shape index (κ2) is 6.45. The molecule has 1 aromatic heterocycles. The molecule has 0 aliphatic heterocycles. The summed E-state index contributed by atoms with van der Waals surface area (Å²) < 4.78 is 2.16. The van der Waals surface area contributed by atoms with Crippen molar-refractivity contribution in [3.8, 4) is 0 Å². The Morgan fingerprint density at radius 3 is 3.06 bits per heavy atom. The van der Waals surface area contributed by atoms with Crippen LogP contribution >= 0.6 is 11.8 Å². The Morgan fingerprint density at radius 2 is 2.35 bits per heavy atom. The van der Waals surface area contributed by atoms with Crippen LogP contribution in [-0.2, 0) is 6.54 Å². The van der Waals surface area contributed by atoms with Crippen molar-refractivity contribution in [1.29, 1.82) is 0 Å². The van der Waals surface area contributed by atoms with E-state index in [2.05, 4.69) is 27.8 Å². The van der Waals surface area contributed by atoms with E-state index in [4.69, 9.17) is 0 Å². The molecule has 0 aromatic carbocycles. The third-order valence-electron chi connectivity index (χ3n) is 3.77. The lowest BCUT2D eigenvalue weighted by atomic mass is 10.2. The normalized spacial score (nSPS) is 24.6. The molecule has 0 amide bonds. The molecule has 0 spiro atoms. The molecular weight excluding hydrogens is 230 g/mol. The number of hydrogen-bond donors (Lipinski definition) is 0. The number of imidazole rings is 1. The molecule has 0 unspecified atom stereocenters. The lowest BCUT2D eigenvalue weighted by Crippen LogP contribution is -2.37. The number of aromatic nitrogens is 2. The zero-order chi connectivity index (χ0) is 12.1. The molecule has 0 radical (unpaired) electrons. The highest BCUT2D eigenvalue weighted by atomic mass is 32.2. The molecule has 2 rings (SSSR count). The van der Waals surface area contributed by atoms with Crippen LogP contribution in [0.5, 0.6) is 0 Å². The molecule has 2 atom stereocenters. The maximum atomic E-state index is 4.07. The molecule has 1 aliphatic carbocycles. The molecule has 0 saturated heterocycles. The number of nitrogens with zero attached hydrogens (tertiary/aromatic N) is 3. The minimum Gasteiger partial charge on any atom is -0.337 e. The van der Waals surface area contributed by atoms with Gasteiger partial charge in [-0.3, -0.25) is 0 Å². The second-order valence-corrected chi connectivity index (χ2v) is 5.98. The third-order valence-corrected chi connectivity index (χ3v) is 4.93. The van der Waals surface area contributed by atoms with Crippen molar-refractivity contribution in [2.45, 2.75) is 43.5 Å². The van der Waals surface area contributed by atoms with Crippen LogP contribution in [0.4, 0.5) is 0 Å². The molecule has 1 fully saturated rings. The van der Waals surface area contributed by atoms with Gasteiger partial charge in [-0.25, -0.2) is 4.98 Å². The van der Waals surface area contributed by atoms with Crippen molar-refractivity contribution in [3.05, 3.63) is 18.7 Å². The number of hydrogen-bond acceptors (Lipinski definition) is 3. The van der Waals surface area contributed by atoms with E-state index < -0.39 is 0 Å². The zero-order valence-corrected chi connectivity index (χ0v) is 11.7. The molecule has 0 bridgehead atoms. The highest BCUT2D eigenvalue weighted by Gasteiger charge is 2.29. The van der Waals surface area contributed by atoms with E-state index in [9.17, 15) is 0 Å². The van der Waals surface area contributed by atoms with Crippen LogP contribution in [0.1, 0.15) is 25.7 Å². The first-order valence-corrected chi connectivity index (χ1v) is 7.79. The van der Waals surface area contributed by atoms with Crippen molar-refractivity contribution in [2.75, 3.05) is 19.8 Å². The summed E-state index contributed by atoms with van der Waals surface area (Å²) in [5, 5.41) is 0.855. The molecule has 1 saturated carbocycles. The third kappa shape index (κ3) is 3.49. The van der Waals surface area contributed by atoms with Gasteiger partial charge in [0, 0.05) is 30.2 Å². The Labute approximate surface area is 109 Å². The Kier molecular flexibility index (Phi) is 4.92. The standard InChI is InChI=1S/C13H23N3S/c1-15(12-5-3-6-13(12)17-2)8-4-9-16-10-7-14-11-16/h7,10-13H,3-6,8-9H2,1-2H3/t12-,13+/m1/s1. The first kappa shape index (κ1) is 13.0. The van der Waals surface area contributed by atoms with Crippen LogP contribution in [0.2, 0.25) is 0 Å². The minimum absolute atomic E-state index is 0.799. The van der Waals surface area contributed by atoms with Gasteiger partial charge < -0.3 is 9.47 Å². The predicted molar refractivity (Wildman–Crippen MR) is 74.4 cm³/mol. The van der Waals surface area contributed by atoms with E-state index in [1.54, 1.807) is 0 Å². The fourth-order valence-corrected chi connectivity index (χ4v) is 3.83. The lowest BCUT2D eigenvalue weighted by molar-refractivity contribution is 0.243. The lowest BCUT2D eigenvalue weighted by Gasteiger charge is -2.28. The van der Waals surface area contributed by atoms with Crippen molar-refractivity contribution in [2.24, 2.45) is 0 Å². The van der Waals surface area contributed by atoms with Crippen LogP contribution < -0.4 is 0 Å². The summed E-state index contributed by atoms with van der Waals surface area (Å²) in [6.45, 7) is 2.28. The Balaban J connectivity index is 1.71. The summed E-state index contributed by atoms with van der Waals surface area (Å²) in [5.74, 6) is 0. The van der Waals surface area contributed by atoms with Gasteiger partial charge in [0.1, 0.15) is 0 Å². The topological polar surface area (TPSA) is 21.1 Å². The predicted octanol–water partition coefficient (Wildman–Crippen LogP) is 2.49. The van der Waals surface area contributed by atoms with Gasteiger partial charge in [-0.15, -0.1) is 0 Å². The molecule has 4 heteroatoms. The Hall–Kier alpha value is -0.480. The van der Waals surface area contributed by atoms with E-state index in [1.807, 2.05) is 30.5 Å². The maximum absolute atomic E-state index is 4.07. The summed E-state index contributed by atoms with van der Waals surface area (Å²) in [5.41, 5.74) is 0. The zero-order valence-electron chi connectivity index (χ0n) is 10.9. The Morgan fingerprint density at radius 1 is 1.47 bits per heavy atom. The summed E-state index contributed by atoms with van der Waals surface area (Å²) in [4.78, 5) is 6.63. The van der Waals surface area contributed by atoms with E-state index in [1.165, 1.54) is 32.2 Å². The summed E-state index contributed by atoms with van der Waals surface area (Å²) in [7, 11) is 2.28. The van der Waals surface area contributed by atoms with Crippen LogP contribution in [0.25, 0.3) is 0 Å². The SMILES string of the molecule is CS[C@H]1CCC[C@H]1N(C)CCCn1ccnc1. The molecule has 96 valence electrons. The van der Waals surface area contributed by atoms with Crippen LogP contribution in [0.15, 0.2) is 18.7 Å². The fraction of sp³-hybridized carbons (Fsp3) is 0.769. The van der Waals surface area contributed by atoms with Crippen molar-refractivity contribution in [1.82, 2.24) is 14.5 Å². The minimum atomic E-state index is 0.799. The second-order valence-electron chi connectivity index (χ2n) is 4.91. The van der Waals surface area contributed by atoms with E-state index >= 15 is 0 Å². The van der Waals surface area contributed by atoms with Crippen LogP contribution in [-0.4, -0.2) is 45.6 Å². The first-order chi connectivity index (χ1) is 8.31. The van der Waals surface area contributed by atoms with Gasteiger partial charge in [0.2, 0.25) is 0 Å². The number of aryl methyl sites for hydroxylation is 1. The molecule has 0 N–H and O–H groups in total. The van der Waals surface area contributed by atoms with Crippen molar-refractivity contribution in [3.63, 3.8) is 0 Å².